The molecule has 1 aromatic carbocycles. The van der Waals surface area contributed by atoms with Gasteiger partial charge in [-0.3, -0.25) is 0 Å². The smallest absolute Gasteiger partial charge is 0.119 e. The molecule has 2 heteroatoms. The number of likely N-dealkylation sites (N-methyl/N-ethyl adjacent to an activating group) is 1. The Hall–Kier alpha value is -1.02. The summed E-state index contributed by atoms with van der Waals surface area (Å²) in [7, 11) is 4.10. The molecule has 1 rings (SSSR count). The van der Waals surface area contributed by atoms with Gasteiger partial charge in [-0.05, 0) is 43.6 Å². The second kappa shape index (κ2) is 6.06. The first-order valence-corrected chi connectivity index (χ1v) is 6.23. The van der Waals surface area contributed by atoms with E-state index in [0.717, 1.165) is 25.3 Å². The molecule has 96 valence electrons. The van der Waals surface area contributed by atoms with E-state index < -0.39 is 0 Å². The Balaban J connectivity index is 2.45. The van der Waals surface area contributed by atoms with Gasteiger partial charge in [0.25, 0.3) is 0 Å². The summed E-state index contributed by atoms with van der Waals surface area (Å²) in [5.74, 6) is 0.963. The van der Waals surface area contributed by atoms with Crippen molar-refractivity contribution in [3.05, 3.63) is 29.8 Å². The van der Waals surface area contributed by atoms with Gasteiger partial charge in [-0.1, -0.05) is 32.9 Å². The van der Waals surface area contributed by atoms with E-state index in [1.54, 1.807) is 0 Å². The molecule has 0 radical (unpaired) electrons. The first-order valence-electron chi connectivity index (χ1n) is 6.23. The SMILES string of the molecule is CN(C)CCOc1ccc(CC(C)(C)C)cc1. The third-order valence-corrected chi connectivity index (χ3v) is 2.47. The van der Waals surface area contributed by atoms with Crippen LogP contribution in [0.15, 0.2) is 24.3 Å². The fourth-order valence-corrected chi connectivity index (χ4v) is 1.66. The van der Waals surface area contributed by atoms with E-state index in [-0.39, 0.29) is 0 Å². The molecule has 0 heterocycles. The Morgan fingerprint density at radius 1 is 1.06 bits per heavy atom. The molecule has 0 saturated heterocycles. The quantitative estimate of drug-likeness (QED) is 0.777. The molecule has 0 aromatic heterocycles. The lowest BCUT2D eigenvalue weighted by Gasteiger charge is -2.18. The van der Waals surface area contributed by atoms with Crippen LogP contribution >= 0.6 is 0 Å². The zero-order valence-electron chi connectivity index (χ0n) is 11.8. The summed E-state index contributed by atoms with van der Waals surface area (Å²) in [6.07, 6.45) is 1.10. The summed E-state index contributed by atoms with van der Waals surface area (Å²) in [6.45, 7) is 8.47. The molecule has 0 fully saturated rings. The van der Waals surface area contributed by atoms with Crippen molar-refractivity contribution in [1.82, 2.24) is 4.90 Å². The highest BCUT2D eigenvalue weighted by Crippen LogP contribution is 2.22. The molecular formula is C15H25NO. The molecule has 0 amide bonds. The fourth-order valence-electron chi connectivity index (χ4n) is 1.66. The van der Waals surface area contributed by atoms with Crippen molar-refractivity contribution in [2.75, 3.05) is 27.2 Å². The van der Waals surface area contributed by atoms with Crippen LogP contribution in [0, 0.1) is 5.41 Å². The second-order valence-corrected chi connectivity index (χ2v) is 6.03. The lowest BCUT2D eigenvalue weighted by molar-refractivity contribution is 0.261. The van der Waals surface area contributed by atoms with Crippen LogP contribution in [-0.2, 0) is 6.42 Å². The van der Waals surface area contributed by atoms with Crippen molar-refractivity contribution in [1.29, 1.82) is 0 Å². The molecule has 0 aliphatic rings. The van der Waals surface area contributed by atoms with Gasteiger partial charge in [0.05, 0.1) is 0 Å². The van der Waals surface area contributed by atoms with E-state index in [4.69, 9.17) is 4.74 Å². The van der Waals surface area contributed by atoms with Gasteiger partial charge in [-0.25, -0.2) is 0 Å². The monoisotopic (exact) mass is 235 g/mol. The molecule has 17 heavy (non-hydrogen) atoms. The Kier molecular flexibility index (Phi) is 5.01. The summed E-state index contributed by atoms with van der Waals surface area (Å²) in [6, 6.07) is 8.46. The van der Waals surface area contributed by atoms with Crippen LogP contribution in [-0.4, -0.2) is 32.1 Å². The number of benzene rings is 1. The third kappa shape index (κ3) is 6.32. The number of rotatable bonds is 5. The highest BCUT2D eigenvalue weighted by molar-refractivity contribution is 5.27. The predicted molar refractivity (Wildman–Crippen MR) is 73.7 cm³/mol. The van der Waals surface area contributed by atoms with Crippen molar-refractivity contribution in [3.8, 4) is 5.75 Å². The molecular weight excluding hydrogens is 210 g/mol. The minimum Gasteiger partial charge on any atom is -0.492 e. The van der Waals surface area contributed by atoms with E-state index >= 15 is 0 Å². The number of hydrogen-bond donors (Lipinski definition) is 0. The molecule has 2 nitrogen and oxygen atoms in total. The Labute approximate surface area is 106 Å². The van der Waals surface area contributed by atoms with Crippen molar-refractivity contribution < 1.29 is 4.74 Å². The summed E-state index contributed by atoms with van der Waals surface area (Å²) >= 11 is 0. The summed E-state index contributed by atoms with van der Waals surface area (Å²) in [5, 5.41) is 0. The minimum atomic E-state index is 0.341. The number of ether oxygens (including phenoxy) is 1. The van der Waals surface area contributed by atoms with Gasteiger partial charge >= 0.3 is 0 Å². The van der Waals surface area contributed by atoms with Crippen molar-refractivity contribution in [3.63, 3.8) is 0 Å². The first kappa shape index (κ1) is 14.0. The van der Waals surface area contributed by atoms with Crippen LogP contribution in [0.4, 0.5) is 0 Å². The topological polar surface area (TPSA) is 12.5 Å². The predicted octanol–water partition coefficient (Wildman–Crippen LogP) is 3.22. The summed E-state index contributed by atoms with van der Waals surface area (Å²) in [5.41, 5.74) is 1.71. The van der Waals surface area contributed by atoms with Gasteiger partial charge in [-0.2, -0.15) is 0 Å². The van der Waals surface area contributed by atoms with Gasteiger partial charge in [0.2, 0.25) is 0 Å². The molecule has 0 unspecified atom stereocenters. The molecule has 0 aliphatic carbocycles. The van der Waals surface area contributed by atoms with Crippen LogP contribution < -0.4 is 4.74 Å². The molecule has 0 saturated carbocycles. The van der Waals surface area contributed by atoms with Crippen molar-refractivity contribution >= 4 is 0 Å². The van der Waals surface area contributed by atoms with Crippen LogP contribution in [0.2, 0.25) is 0 Å². The highest BCUT2D eigenvalue weighted by atomic mass is 16.5. The Morgan fingerprint density at radius 2 is 1.65 bits per heavy atom. The third-order valence-electron chi connectivity index (χ3n) is 2.47. The van der Waals surface area contributed by atoms with E-state index in [1.165, 1.54) is 5.56 Å². The second-order valence-electron chi connectivity index (χ2n) is 6.03. The molecule has 0 atom stereocenters. The van der Waals surface area contributed by atoms with E-state index in [2.05, 4.69) is 64.0 Å². The van der Waals surface area contributed by atoms with E-state index in [1.807, 2.05) is 0 Å². The lowest BCUT2D eigenvalue weighted by atomic mass is 9.88. The molecule has 1 aromatic rings. The Bertz CT molecular complexity index is 322. The lowest BCUT2D eigenvalue weighted by Crippen LogP contribution is -2.19. The molecule has 0 aliphatic heterocycles. The van der Waals surface area contributed by atoms with E-state index in [0.29, 0.717) is 5.41 Å². The zero-order chi connectivity index (χ0) is 12.9. The average molecular weight is 235 g/mol. The van der Waals surface area contributed by atoms with Gasteiger partial charge in [0, 0.05) is 6.54 Å². The molecule has 0 bridgehead atoms. The van der Waals surface area contributed by atoms with Crippen molar-refractivity contribution in [2.45, 2.75) is 27.2 Å². The van der Waals surface area contributed by atoms with E-state index in [9.17, 15) is 0 Å². The number of hydrogen-bond acceptors (Lipinski definition) is 2. The van der Waals surface area contributed by atoms with Crippen molar-refractivity contribution in [2.24, 2.45) is 5.41 Å². The van der Waals surface area contributed by atoms with Crippen LogP contribution in [0.1, 0.15) is 26.3 Å². The largest absolute Gasteiger partial charge is 0.492 e. The minimum absolute atomic E-state index is 0.341. The van der Waals surface area contributed by atoms with Crippen LogP contribution in [0.25, 0.3) is 0 Å². The fraction of sp³-hybridized carbons (Fsp3) is 0.600. The maximum atomic E-state index is 5.66. The maximum absolute atomic E-state index is 5.66. The van der Waals surface area contributed by atoms with Crippen LogP contribution in [0.5, 0.6) is 5.75 Å². The maximum Gasteiger partial charge on any atom is 0.119 e. The Morgan fingerprint density at radius 3 is 2.12 bits per heavy atom. The molecule has 0 spiro atoms. The van der Waals surface area contributed by atoms with Gasteiger partial charge in [-0.15, -0.1) is 0 Å². The summed E-state index contributed by atoms with van der Waals surface area (Å²) < 4.78 is 5.66. The van der Waals surface area contributed by atoms with Gasteiger partial charge in [0.15, 0.2) is 0 Å². The number of nitrogens with zero attached hydrogens (tertiary/aromatic N) is 1. The van der Waals surface area contributed by atoms with Crippen LogP contribution in [0.3, 0.4) is 0 Å². The highest BCUT2D eigenvalue weighted by Gasteiger charge is 2.10. The standard InChI is InChI=1S/C15H25NO/c1-15(2,3)12-13-6-8-14(9-7-13)17-11-10-16(4)5/h6-9H,10-12H2,1-5H3. The normalized spacial score (nSPS) is 11.9. The molecule has 0 N–H and O–H groups in total. The van der Waals surface area contributed by atoms with Gasteiger partial charge in [0.1, 0.15) is 12.4 Å². The van der Waals surface area contributed by atoms with Gasteiger partial charge < -0.3 is 9.64 Å². The average Bonchev–Trinajstić information content (AvgIpc) is 2.18. The zero-order valence-corrected chi connectivity index (χ0v) is 11.8. The first-order chi connectivity index (χ1) is 7.87. The summed E-state index contributed by atoms with van der Waals surface area (Å²) in [4.78, 5) is 2.12.